The van der Waals surface area contributed by atoms with Gasteiger partial charge in [-0.3, -0.25) is 4.79 Å². The van der Waals surface area contributed by atoms with Crippen LogP contribution >= 0.6 is 0 Å². The molecular weight excluding hydrogens is 382 g/mol. The van der Waals surface area contributed by atoms with E-state index in [1.807, 2.05) is 44.2 Å². The van der Waals surface area contributed by atoms with E-state index in [0.717, 1.165) is 18.4 Å². The quantitative estimate of drug-likeness (QED) is 0.651. The van der Waals surface area contributed by atoms with Crippen LogP contribution in [0.15, 0.2) is 36.4 Å². The van der Waals surface area contributed by atoms with Crippen LogP contribution in [0.5, 0.6) is 0 Å². The Morgan fingerprint density at radius 1 is 1.20 bits per heavy atom. The molecule has 1 aliphatic rings. The predicted molar refractivity (Wildman–Crippen MR) is 112 cm³/mol. The predicted octanol–water partition coefficient (Wildman–Crippen LogP) is 3.28. The van der Waals surface area contributed by atoms with Crippen LogP contribution in [0.1, 0.15) is 58.8 Å². The average molecular weight is 412 g/mol. The zero-order valence-electron chi connectivity index (χ0n) is 17.8. The van der Waals surface area contributed by atoms with Crippen molar-refractivity contribution >= 4 is 11.9 Å². The fourth-order valence-corrected chi connectivity index (χ4v) is 3.61. The second-order valence-corrected chi connectivity index (χ2v) is 8.00. The van der Waals surface area contributed by atoms with E-state index in [4.69, 9.17) is 9.47 Å². The number of amides is 1. The molecule has 30 heavy (non-hydrogen) atoms. The van der Waals surface area contributed by atoms with Gasteiger partial charge in [0.05, 0.1) is 19.8 Å². The van der Waals surface area contributed by atoms with Gasteiger partial charge >= 0.3 is 5.97 Å². The molecule has 2 heterocycles. The second kappa shape index (κ2) is 10.3. The number of ether oxygens (including phenoxy) is 2. The van der Waals surface area contributed by atoms with E-state index in [0.29, 0.717) is 37.6 Å². The first-order chi connectivity index (χ1) is 14.5. The zero-order valence-corrected chi connectivity index (χ0v) is 17.8. The van der Waals surface area contributed by atoms with Gasteiger partial charge in [0, 0.05) is 13.1 Å². The molecule has 2 aromatic rings. The van der Waals surface area contributed by atoms with Crippen LogP contribution in [0.4, 0.5) is 0 Å². The summed E-state index contributed by atoms with van der Waals surface area (Å²) in [6.45, 7) is 5.79. The van der Waals surface area contributed by atoms with Gasteiger partial charge in [0.25, 0.3) is 5.91 Å². The third kappa shape index (κ3) is 5.63. The fourth-order valence-electron chi connectivity index (χ4n) is 3.61. The molecule has 1 amide bonds. The number of piperidine rings is 1. The molecule has 0 aliphatic carbocycles. The van der Waals surface area contributed by atoms with E-state index in [-0.39, 0.29) is 23.4 Å². The fraction of sp³-hybridized carbons (Fsp3) is 0.478. The summed E-state index contributed by atoms with van der Waals surface area (Å²) in [7, 11) is 1.31. The van der Waals surface area contributed by atoms with E-state index in [9.17, 15) is 9.59 Å². The van der Waals surface area contributed by atoms with Crippen molar-refractivity contribution in [1.82, 2.24) is 15.1 Å². The Morgan fingerprint density at radius 3 is 2.67 bits per heavy atom. The highest BCUT2D eigenvalue weighted by Crippen LogP contribution is 2.19. The van der Waals surface area contributed by atoms with Crippen molar-refractivity contribution in [2.45, 2.75) is 45.8 Å². The number of aromatic nitrogens is 2. The molecule has 0 bridgehead atoms. The number of hydrogen-bond acceptors (Lipinski definition) is 6. The molecule has 1 atom stereocenters. The maximum absolute atomic E-state index is 13.1. The number of hydrogen-bond donors (Lipinski definition) is 0. The highest BCUT2D eigenvalue weighted by molar-refractivity contribution is 5.94. The van der Waals surface area contributed by atoms with E-state index in [2.05, 4.69) is 10.2 Å². The number of nitrogens with zero attached hydrogens (tertiary/aromatic N) is 3. The minimum Gasteiger partial charge on any atom is -0.464 e. The van der Waals surface area contributed by atoms with Gasteiger partial charge in [-0.25, -0.2) is 4.79 Å². The number of benzene rings is 1. The summed E-state index contributed by atoms with van der Waals surface area (Å²) in [5.41, 5.74) is 2.22. The lowest BCUT2D eigenvalue weighted by Crippen LogP contribution is -2.43. The van der Waals surface area contributed by atoms with Gasteiger partial charge in [0.2, 0.25) is 0 Å². The molecule has 1 aromatic carbocycles. The Hall–Kier alpha value is -2.80. The van der Waals surface area contributed by atoms with Gasteiger partial charge in [-0.15, -0.1) is 10.2 Å². The Labute approximate surface area is 177 Å². The lowest BCUT2D eigenvalue weighted by atomic mass is 10.0. The van der Waals surface area contributed by atoms with Gasteiger partial charge in [0.1, 0.15) is 0 Å². The molecular formula is C23H29N3O4. The van der Waals surface area contributed by atoms with Crippen LogP contribution in [0.3, 0.4) is 0 Å². The third-order valence-electron chi connectivity index (χ3n) is 5.09. The number of carbonyl (C=O) groups excluding carboxylic acids is 2. The van der Waals surface area contributed by atoms with Crippen LogP contribution in [0, 0.1) is 5.92 Å². The number of carbonyl (C=O) groups is 2. The molecule has 1 fully saturated rings. The smallest absolute Gasteiger partial charge is 0.358 e. The van der Waals surface area contributed by atoms with Gasteiger partial charge in [0.15, 0.2) is 11.4 Å². The summed E-state index contributed by atoms with van der Waals surface area (Å²) < 4.78 is 10.8. The van der Waals surface area contributed by atoms with Gasteiger partial charge < -0.3 is 14.4 Å². The van der Waals surface area contributed by atoms with E-state index in [1.54, 1.807) is 11.0 Å². The van der Waals surface area contributed by atoms with Crippen molar-refractivity contribution in [3.63, 3.8) is 0 Å². The summed E-state index contributed by atoms with van der Waals surface area (Å²) in [5, 5.41) is 8.04. The highest BCUT2D eigenvalue weighted by atomic mass is 16.5. The lowest BCUT2D eigenvalue weighted by Gasteiger charge is -2.32. The van der Waals surface area contributed by atoms with Crippen molar-refractivity contribution in [3.8, 4) is 0 Å². The van der Waals surface area contributed by atoms with Crippen molar-refractivity contribution in [3.05, 3.63) is 58.9 Å². The molecule has 7 heteroatoms. The van der Waals surface area contributed by atoms with E-state index < -0.39 is 5.97 Å². The molecule has 0 radical (unpaired) electrons. The Kier molecular flexibility index (Phi) is 7.52. The van der Waals surface area contributed by atoms with Crippen LogP contribution in [0.2, 0.25) is 0 Å². The first-order valence-electron chi connectivity index (χ1n) is 10.4. The molecule has 7 nitrogen and oxygen atoms in total. The van der Waals surface area contributed by atoms with E-state index >= 15 is 0 Å². The molecule has 1 unspecified atom stereocenters. The summed E-state index contributed by atoms with van der Waals surface area (Å²) in [5.74, 6) is -0.423. The maximum Gasteiger partial charge on any atom is 0.358 e. The first-order valence-corrected chi connectivity index (χ1v) is 10.4. The Bertz CT molecular complexity index is 870. The summed E-state index contributed by atoms with van der Waals surface area (Å²) >= 11 is 0. The van der Waals surface area contributed by atoms with E-state index in [1.165, 1.54) is 7.11 Å². The molecule has 0 spiro atoms. The third-order valence-corrected chi connectivity index (χ3v) is 5.09. The average Bonchev–Trinajstić information content (AvgIpc) is 2.77. The van der Waals surface area contributed by atoms with Crippen molar-refractivity contribution in [1.29, 1.82) is 0 Å². The highest BCUT2D eigenvalue weighted by Gasteiger charge is 2.27. The van der Waals surface area contributed by atoms with Gasteiger partial charge in [-0.1, -0.05) is 44.2 Å². The molecule has 0 saturated carbocycles. The summed E-state index contributed by atoms with van der Waals surface area (Å²) in [6, 6.07) is 11.7. The lowest BCUT2D eigenvalue weighted by molar-refractivity contribution is -0.00692. The van der Waals surface area contributed by atoms with Crippen LogP contribution < -0.4 is 0 Å². The zero-order chi connectivity index (χ0) is 21.5. The topological polar surface area (TPSA) is 81.6 Å². The summed E-state index contributed by atoms with van der Waals surface area (Å²) in [6.07, 6.45) is 2.39. The largest absolute Gasteiger partial charge is 0.464 e. The Balaban J connectivity index is 1.69. The van der Waals surface area contributed by atoms with Gasteiger partial charge in [-0.2, -0.15) is 0 Å². The normalized spacial score (nSPS) is 16.5. The van der Waals surface area contributed by atoms with Crippen molar-refractivity contribution in [2.75, 3.05) is 20.2 Å². The van der Waals surface area contributed by atoms with Crippen molar-refractivity contribution < 1.29 is 19.1 Å². The number of rotatable bonds is 7. The van der Waals surface area contributed by atoms with Gasteiger partial charge in [-0.05, 0) is 42.4 Å². The summed E-state index contributed by atoms with van der Waals surface area (Å²) in [4.78, 5) is 26.8. The number of esters is 1. The number of likely N-dealkylation sites (tertiary alicyclic amines) is 1. The first kappa shape index (κ1) is 21.9. The number of methoxy groups -OCH3 is 1. The van der Waals surface area contributed by atoms with Crippen LogP contribution in [0.25, 0.3) is 0 Å². The second-order valence-electron chi connectivity index (χ2n) is 8.00. The molecule has 1 aromatic heterocycles. The van der Waals surface area contributed by atoms with Crippen LogP contribution in [-0.2, 0) is 22.5 Å². The SMILES string of the molecule is COC(=O)c1nnc(C(=O)N2CCCC(OCc3ccccc3)C2)cc1CC(C)C. The molecule has 160 valence electrons. The molecule has 1 saturated heterocycles. The molecule has 3 rings (SSSR count). The Morgan fingerprint density at radius 2 is 1.97 bits per heavy atom. The minimum atomic E-state index is -0.538. The monoisotopic (exact) mass is 411 g/mol. The standard InChI is InChI=1S/C23H29N3O4/c1-16(2)12-18-13-20(24-25-21(18)23(28)29-3)22(27)26-11-7-10-19(14-26)30-15-17-8-5-4-6-9-17/h4-6,8-9,13,16,19H,7,10-12,14-15H2,1-3H3. The molecule has 1 aliphatic heterocycles. The van der Waals surface area contributed by atoms with Crippen molar-refractivity contribution in [2.24, 2.45) is 5.92 Å². The molecule has 0 N–H and O–H groups in total. The maximum atomic E-state index is 13.1. The minimum absolute atomic E-state index is 0.0136. The van der Waals surface area contributed by atoms with Crippen LogP contribution in [-0.4, -0.2) is 53.3 Å².